The second-order valence-corrected chi connectivity index (χ2v) is 10.1. The van der Waals surface area contributed by atoms with Crippen LogP contribution < -0.4 is 5.32 Å². The number of thiazole rings is 1. The smallest absolute Gasteiger partial charge is 0.270 e. The van der Waals surface area contributed by atoms with Crippen molar-refractivity contribution in [2.45, 2.75) is 23.8 Å². The third-order valence-electron chi connectivity index (χ3n) is 5.46. The van der Waals surface area contributed by atoms with Gasteiger partial charge in [0, 0.05) is 23.5 Å². The monoisotopic (exact) mass is 514 g/mol. The number of amides is 1. The van der Waals surface area contributed by atoms with E-state index in [2.05, 4.69) is 25.4 Å². The summed E-state index contributed by atoms with van der Waals surface area (Å²) in [5.74, 6) is 1.63. The minimum Gasteiger partial charge on any atom is -0.461 e. The molecule has 4 aromatic rings. The van der Waals surface area contributed by atoms with E-state index in [1.54, 1.807) is 11.6 Å². The summed E-state index contributed by atoms with van der Waals surface area (Å²) in [4.78, 5) is 19.4. The summed E-state index contributed by atoms with van der Waals surface area (Å²) in [6.45, 7) is 3.76. The number of likely N-dealkylation sites (tertiary alicyclic amines) is 1. The molecule has 4 heterocycles. The predicted molar refractivity (Wildman–Crippen MR) is 134 cm³/mol. The molecule has 5 rings (SSSR count). The highest BCUT2D eigenvalue weighted by Gasteiger charge is 2.19. The molecule has 0 unspecified atom stereocenters. The maximum Gasteiger partial charge on any atom is 0.270 e. The maximum atomic E-state index is 12.5. The van der Waals surface area contributed by atoms with E-state index in [4.69, 9.17) is 16.0 Å². The Morgan fingerprint density at radius 3 is 2.88 bits per heavy atom. The number of carbonyl (C=O) groups excluding carboxylic acids is 1. The normalized spacial score (nSPS) is 14.0. The van der Waals surface area contributed by atoms with Crippen LogP contribution in [-0.2, 0) is 5.75 Å². The molecule has 1 aromatic carbocycles. The fourth-order valence-corrected chi connectivity index (χ4v) is 5.74. The number of thioether (sulfide) groups is 1. The zero-order valence-corrected chi connectivity index (χ0v) is 20.7. The number of nitrogens with one attached hydrogen (secondary N) is 1. The lowest BCUT2D eigenvalue weighted by molar-refractivity contribution is 0.0945. The van der Waals surface area contributed by atoms with Crippen LogP contribution in [0.1, 0.15) is 28.3 Å². The van der Waals surface area contributed by atoms with Crippen molar-refractivity contribution in [2.75, 3.05) is 26.2 Å². The Kier molecular flexibility index (Phi) is 7.29. The van der Waals surface area contributed by atoms with Crippen LogP contribution in [0.3, 0.4) is 0 Å². The number of aromatic nitrogens is 4. The van der Waals surface area contributed by atoms with Gasteiger partial charge in [-0.1, -0.05) is 29.4 Å². The molecule has 176 valence electrons. The summed E-state index contributed by atoms with van der Waals surface area (Å²) in [5, 5.41) is 15.6. The van der Waals surface area contributed by atoms with E-state index in [1.807, 2.05) is 41.0 Å². The molecule has 0 spiro atoms. The molecule has 3 aromatic heterocycles. The van der Waals surface area contributed by atoms with Gasteiger partial charge in [0.2, 0.25) is 5.82 Å². The van der Waals surface area contributed by atoms with Gasteiger partial charge in [-0.05, 0) is 56.3 Å². The topological polar surface area (TPSA) is 89.1 Å². The van der Waals surface area contributed by atoms with E-state index in [0.29, 0.717) is 39.8 Å². The largest absolute Gasteiger partial charge is 0.461 e. The van der Waals surface area contributed by atoms with Gasteiger partial charge in [0.1, 0.15) is 10.7 Å². The Hall–Kier alpha value is -2.66. The van der Waals surface area contributed by atoms with E-state index in [-0.39, 0.29) is 5.91 Å². The Labute approximate surface area is 210 Å². The van der Waals surface area contributed by atoms with Gasteiger partial charge in [0.05, 0.1) is 17.7 Å². The second-order valence-electron chi connectivity index (χ2n) is 7.82. The molecule has 0 atom stereocenters. The molecule has 11 heteroatoms. The van der Waals surface area contributed by atoms with Crippen molar-refractivity contribution in [3.8, 4) is 17.3 Å². The number of furan rings is 1. The number of hydrogen-bond donors (Lipinski definition) is 1. The third kappa shape index (κ3) is 5.35. The first-order valence-corrected chi connectivity index (χ1v) is 13.2. The van der Waals surface area contributed by atoms with Crippen molar-refractivity contribution in [1.29, 1.82) is 0 Å². The zero-order chi connectivity index (χ0) is 23.3. The van der Waals surface area contributed by atoms with Crippen LogP contribution in [-0.4, -0.2) is 56.7 Å². The molecule has 1 aliphatic rings. The van der Waals surface area contributed by atoms with E-state index >= 15 is 0 Å². The summed E-state index contributed by atoms with van der Waals surface area (Å²) < 4.78 is 7.47. The number of rotatable bonds is 9. The molecule has 1 saturated heterocycles. The van der Waals surface area contributed by atoms with E-state index in [1.165, 1.54) is 35.9 Å². The molecule has 0 aliphatic carbocycles. The van der Waals surface area contributed by atoms with Crippen molar-refractivity contribution in [3.05, 3.63) is 63.8 Å². The van der Waals surface area contributed by atoms with Crippen LogP contribution in [0.2, 0.25) is 5.02 Å². The Morgan fingerprint density at radius 2 is 2.09 bits per heavy atom. The van der Waals surface area contributed by atoms with Crippen LogP contribution in [0.25, 0.3) is 17.3 Å². The van der Waals surface area contributed by atoms with Gasteiger partial charge >= 0.3 is 0 Å². The molecule has 1 N–H and O–H groups in total. The zero-order valence-electron chi connectivity index (χ0n) is 18.3. The van der Waals surface area contributed by atoms with Gasteiger partial charge in [-0.3, -0.25) is 9.36 Å². The molecule has 0 bridgehead atoms. The number of hydrogen-bond acceptors (Lipinski definition) is 8. The van der Waals surface area contributed by atoms with Crippen LogP contribution in [0.15, 0.2) is 57.6 Å². The minimum absolute atomic E-state index is 0.131. The molecule has 34 heavy (non-hydrogen) atoms. The average molecular weight is 515 g/mol. The van der Waals surface area contributed by atoms with Crippen LogP contribution in [0.4, 0.5) is 0 Å². The standard InChI is InChI=1S/C23H23ClN6O2S2/c24-16-5-3-6-17(13-16)30-21(19-7-4-12-32-19)27-28-23(30)34-15-20-26-18(14-33-20)22(31)25-8-11-29-9-1-2-10-29/h3-7,12-14H,1-2,8-11,15H2,(H,25,31). The predicted octanol–water partition coefficient (Wildman–Crippen LogP) is 4.76. The van der Waals surface area contributed by atoms with Crippen molar-refractivity contribution < 1.29 is 9.21 Å². The number of benzene rings is 1. The summed E-state index contributed by atoms with van der Waals surface area (Å²) in [6, 6.07) is 11.2. The lowest BCUT2D eigenvalue weighted by Crippen LogP contribution is -2.33. The molecule has 1 aliphatic heterocycles. The highest BCUT2D eigenvalue weighted by molar-refractivity contribution is 7.98. The first-order chi connectivity index (χ1) is 16.7. The Bertz CT molecular complexity index is 1250. The first-order valence-electron chi connectivity index (χ1n) is 11.0. The quantitative estimate of drug-likeness (QED) is 0.322. The Morgan fingerprint density at radius 1 is 1.21 bits per heavy atom. The van der Waals surface area contributed by atoms with Gasteiger partial charge in [-0.15, -0.1) is 21.5 Å². The van der Waals surface area contributed by atoms with Crippen LogP contribution in [0, 0.1) is 0 Å². The summed E-state index contributed by atoms with van der Waals surface area (Å²) in [7, 11) is 0. The van der Waals surface area contributed by atoms with Gasteiger partial charge in [-0.2, -0.15) is 0 Å². The molecule has 1 fully saturated rings. The van der Waals surface area contributed by atoms with Crippen molar-refractivity contribution >= 4 is 40.6 Å². The van der Waals surface area contributed by atoms with Gasteiger partial charge < -0.3 is 14.6 Å². The minimum atomic E-state index is -0.131. The fourth-order valence-electron chi connectivity index (χ4n) is 3.81. The highest BCUT2D eigenvalue weighted by atomic mass is 35.5. The molecular formula is C23H23ClN6O2S2. The van der Waals surface area contributed by atoms with E-state index in [0.717, 1.165) is 30.3 Å². The maximum absolute atomic E-state index is 12.5. The summed E-state index contributed by atoms with van der Waals surface area (Å²) in [5.41, 5.74) is 1.29. The Balaban J connectivity index is 1.26. The first kappa shape index (κ1) is 23.1. The molecule has 0 radical (unpaired) electrons. The van der Waals surface area contributed by atoms with Crippen LogP contribution >= 0.6 is 34.7 Å². The van der Waals surface area contributed by atoms with E-state index < -0.39 is 0 Å². The van der Waals surface area contributed by atoms with Crippen molar-refractivity contribution in [1.82, 2.24) is 30.0 Å². The third-order valence-corrected chi connectivity index (χ3v) is 7.67. The number of carbonyl (C=O) groups is 1. The number of halogens is 1. The lowest BCUT2D eigenvalue weighted by Gasteiger charge is -2.14. The van der Waals surface area contributed by atoms with E-state index in [9.17, 15) is 4.79 Å². The lowest BCUT2D eigenvalue weighted by atomic mass is 10.3. The van der Waals surface area contributed by atoms with Crippen molar-refractivity contribution in [2.24, 2.45) is 0 Å². The summed E-state index contributed by atoms with van der Waals surface area (Å²) >= 11 is 9.19. The fraction of sp³-hybridized carbons (Fsp3) is 0.304. The SMILES string of the molecule is O=C(NCCN1CCCC1)c1csc(CSc2nnc(-c3ccco3)n2-c2cccc(Cl)c2)n1. The molecule has 8 nitrogen and oxygen atoms in total. The molecular weight excluding hydrogens is 492 g/mol. The highest BCUT2D eigenvalue weighted by Crippen LogP contribution is 2.31. The van der Waals surface area contributed by atoms with Crippen LogP contribution in [0.5, 0.6) is 0 Å². The summed E-state index contributed by atoms with van der Waals surface area (Å²) in [6.07, 6.45) is 4.09. The van der Waals surface area contributed by atoms with Gasteiger partial charge in [0.25, 0.3) is 5.91 Å². The van der Waals surface area contributed by atoms with Gasteiger partial charge in [0.15, 0.2) is 10.9 Å². The van der Waals surface area contributed by atoms with Crippen molar-refractivity contribution in [3.63, 3.8) is 0 Å². The second kappa shape index (κ2) is 10.7. The average Bonchev–Trinajstić information content (AvgIpc) is 3.64. The number of nitrogens with zero attached hydrogens (tertiary/aromatic N) is 5. The van der Waals surface area contributed by atoms with Gasteiger partial charge in [-0.25, -0.2) is 4.98 Å². The molecule has 1 amide bonds. The molecule has 0 saturated carbocycles.